The van der Waals surface area contributed by atoms with Gasteiger partial charge in [-0.25, -0.2) is 18.1 Å². The third-order valence-corrected chi connectivity index (χ3v) is 4.49. The first-order valence-corrected chi connectivity index (χ1v) is 7.73. The molecule has 0 saturated heterocycles. The van der Waals surface area contributed by atoms with E-state index in [0.717, 1.165) is 19.4 Å². The van der Waals surface area contributed by atoms with Crippen LogP contribution in [-0.4, -0.2) is 26.0 Å². The highest BCUT2D eigenvalue weighted by Gasteiger charge is 2.36. The maximum atomic E-state index is 12.0. The molecule has 100 valence electrons. The zero-order valence-corrected chi connectivity index (χ0v) is 11.5. The number of pyridine rings is 1. The first kappa shape index (κ1) is 13.3. The van der Waals surface area contributed by atoms with Crippen molar-refractivity contribution in [1.82, 2.24) is 9.71 Å². The largest absolute Gasteiger partial charge is 0.370 e. The van der Waals surface area contributed by atoms with E-state index in [0.29, 0.717) is 11.7 Å². The molecule has 1 aromatic rings. The molecule has 0 radical (unpaired) electrons. The minimum absolute atomic E-state index is 0.0906. The number of nitrogens with zero attached hydrogens (tertiary/aromatic N) is 1. The molecule has 1 saturated carbocycles. The predicted molar refractivity (Wildman–Crippen MR) is 70.9 cm³/mol. The van der Waals surface area contributed by atoms with E-state index in [4.69, 9.17) is 0 Å². The molecule has 2 atom stereocenters. The van der Waals surface area contributed by atoms with E-state index in [1.807, 2.05) is 6.92 Å². The van der Waals surface area contributed by atoms with Gasteiger partial charge in [-0.3, -0.25) is 0 Å². The Labute approximate surface area is 108 Å². The van der Waals surface area contributed by atoms with E-state index in [1.165, 1.54) is 6.20 Å². The molecule has 0 spiro atoms. The minimum Gasteiger partial charge on any atom is -0.370 e. The van der Waals surface area contributed by atoms with E-state index in [9.17, 15) is 8.42 Å². The van der Waals surface area contributed by atoms with E-state index in [-0.39, 0.29) is 10.9 Å². The standard InChI is InChI=1S/C12H19N3O2S/c1-3-6-13-12-5-4-10(8-14-12)18(16,17)15-11-7-9(11)2/h4-5,8-9,11,15H,3,6-7H2,1-2H3,(H,13,14). The number of rotatable bonds is 6. The second-order valence-corrected chi connectivity index (χ2v) is 6.46. The Morgan fingerprint density at radius 3 is 2.67 bits per heavy atom. The Morgan fingerprint density at radius 2 is 2.17 bits per heavy atom. The summed E-state index contributed by atoms with van der Waals surface area (Å²) in [5.41, 5.74) is 0. The van der Waals surface area contributed by atoms with Crippen LogP contribution >= 0.6 is 0 Å². The Morgan fingerprint density at radius 1 is 1.44 bits per heavy atom. The first-order chi connectivity index (χ1) is 8.53. The van der Waals surface area contributed by atoms with Crippen LogP contribution in [0.4, 0.5) is 5.82 Å². The lowest BCUT2D eigenvalue weighted by molar-refractivity contribution is 0.578. The quantitative estimate of drug-likeness (QED) is 0.822. The molecule has 2 N–H and O–H groups in total. The van der Waals surface area contributed by atoms with Crippen LogP contribution in [0.25, 0.3) is 0 Å². The molecular weight excluding hydrogens is 250 g/mol. The SMILES string of the molecule is CCCNc1ccc(S(=O)(=O)NC2CC2C)cn1. The Balaban J connectivity index is 2.03. The van der Waals surface area contributed by atoms with Crippen molar-refractivity contribution in [3.05, 3.63) is 18.3 Å². The first-order valence-electron chi connectivity index (χ1n) is 6.25. The van der Waals surface area contributed by atoms with Crippen molar-refractivity contribution in [2.24, 2.45) is 5.92 Å². The summed E-state index contributed by atoms with van der Waals surface area (Å²) >= 11 is 0. The van der Waals surface area contributed by atoms with Gasteiger partial charge in [0.1, 0.15) is 10.7 Å². The number of aromatic nitrogens is 1. The lowest BCUT2D eigenvalue weighted by Crippen LogP contribution is -2.26. The van der Waals surface area contributed by atoms with Gasteiger partial charge >= 0.3 is 0 Å². The van der Waals surface area contributed by atoms with Gasteiger partial charge in [0.2, 0.25) is 10.0 Å². The van der Waals surface area contributed by atoms with Gasteiger partial charge in [-0.2, -0.15) is 0 Å². The summed E-state index contributed by atoms with van der Waals surface area (Å²) in [6, 6.07) is 3.37. The van der Waals surface area contributed by atoms with Crippen molar-refractivity contribution in [3.8, 4) is 0 Å². The number of sulfonamides is 1. The Hall–Kier alpha value is -1.14. The van der Waals surface area contributed by atoms with Crippen molar-refractivity contribution in [2.45, 2.75) is 37.6 Å². The van der Waals surface area contributed by atoms with E-state index >= 15 is 0 Å². The van der Waals surface area contributed by atoms with Crippen LogP contribution in [0.1, 0.15) is 26.7 Å². The van der Waals surface area contributed by atoms with Crippen LogP contribution < -0.4 is 10.0 Å². The number of hydrogen-bond donors (Lipinski definition) is 2. The molecule has 1 aliphatic carbocycles. The van der Waals surface area contributed by atoms with Gasteiger partial charge in [-0.1, -0.05) is 13.8 Å². The normalized spacial score (nSPS) is 22.8. The van der Waals surface area contributed by atoms with E-state index in [2.05, 4.69) is 21.9 Å². The highest BCUT2D eigenvalue weighted by atomic mass is 32.2. The van der Waals surface area contributed by atoms with Crippen LogP contribution in [0.5, 0.6) is 0 Å². The summed E-state index contributed by atoms with van der Waals surface area (Å²) in [5, 5.41) is 3.11. The van der Waals surface area contributed by atoms with Gasteiger partial charge in [0.05, 0.1) is 0 Å². The summed E-state index contributed by atoms with van der Waals surface area (Å²) in [4.78, 5) is 4.32. The van der Waals surface area contributed by atoms with Gasteiger partial charge in [-0.15, -0.1) is 0 Å². The van der Waals surface area contributed by atoms with Crippen LogP contribution in [0.15, 0.2) is 23.2 Å². The molecule has 1 fully saturated rings. The zero-order valence-electron chi connectivity index (χ0n) is 10.7. The molecular formula is C12H19N3O2S. The smallest absolute Gasteiger partial charge is 0.242 e. The number of hydrogen-bond acceptors (Lipinski definition) is 4. The van der Waals surface area contributed by atoms with E-state index in [1.54, 1.807) is 12.1 Å². The highest BCUT2D eigenvalue weighted by Crippen LogP contribution is 2.30. The van der Waals surface area contributed by atoms with Crippen LogP contribution in [0, 0.1) is 5.92 Å². The molecule has 0 aromatic carbocycles. The minimum atomic E-state index is -3.41. The molecule has 2 rings (SSSR count). The van der Waals surface area contributed by atoms with Gasteiger partial charge < -0.3 is 5.32 Å². The van der Waals surface area contributed by atoms with Crippen LogP contribution in [0.3, 0.4) is 0 Å². The third kappa shape index (κ3) is 3.20. The fraction of sp³-hybridized carbons (Fsp3) is 0.583. The summed E-state index contributed by atoms with van der Waals surface area (Å²) < 4.78 is 26.6. The topological polar surface area (TPSA) is 71.1 Å². The molecule has 6 heteroatoms. The molecule has 1 aromatic heterocycles. The fourth-order valence-electron chi connectivity index (χ4n) is 1.65. The maximum Gasteiger partial charge on any atom is 0.242 e. The summed E-state index contributed by atoms with van der Waals surface area (Å²) in [6.07, 6.45) is 3.32. The van der Waals surface area contributed by atoms with Gasteiger partial charge in [0.25, 0.3) is 0 Å². The summed E-state index contributed by atoms with van der Waals surface area (Å²) in [7, 11) is -3.41. The number of nitrogens with one attached hydrogen (secondary N) is 2. The Kier molecular flexibility index (Phi) is 3.87. The average Bonchev–Trinajstić information content (AvgIpc) is 3.02. The van der Waals surface area contributed by atoms with Crippen LogP contribution in [0.2, 0.25) is 0 Å². The number of anilines is 1. The highest BCUT2D eigenvalue weighted by molar-refractivity contribution is 7.89. The molecule has 0 aliphatic heterocycles. The maximum absolute atomic E-state index is 12.0. The predicted octanol–water partition coefficient (Wildman–Crippen LogP) is 1.59. The fourth-order valence-corrected chi connectivity index (χ4v) is 2.95. The lowest BCUT2D eigenvalue weighted by atomic mass is 10.4. The van der Waals surface area contributed by atoms with Crippen LogP contribution in [-0.2, 0) is 10.0 Å². The van der Waals surface area contributed by atoms with Gasteiger partial charge in [0, 0.05) is 18.8 Å². The van der Waals surface area contributed by atoms with E-state index < -0.39 is 10.0 Å². The van der Waals surface area contributed by atoms with Crippen molar-refractivity contribution in [1.29, 1.82) is 0 Å². The summed E-state index contributed by atoms with van der Waals surface area (Å²) in [5.74, 6) is 1.15. The lowest BCUT2D eigenvalue weighted by Gasteiger charge is -2.07. The zero-order chi connectivity index (χ0) is 13.2. The van der Waals surface area contributed by atoms with Crippen molar-refractivity contribution < 1.29 is 8.42 Å². The molecule has 1 heterocycles. The second kappa shape index (κ2) is 5.24. The van der Waals surface area contributed by atoms with Gasteiger partial charge in [-0.05, 0) is 30.9 Å². The molecule has 2 unspecified atom stereocenters. The average molecular weight is 269 g/mol. The van der Waals surface area contributed by atoms with Crippen molar-refractivity contribution >= 4 is 15.8 Å². The molecule has 1 aliphatic rings. The van der Waals surface area contributed by atoms with Crippen molar-refractivity contribution in [3.63, 3.8) is 0 Å². The van der Waals surface area contributed by atoms with Crippen molar-refractivity contribution in [2.75, 3.05) is 11.9 Å². The molecule has 0 amide bonds. The third-order valence-electron chi connectivity index (χ3n) is 3.02. The second-order valence-electron chi connectivity index (χ2n) is 4.75. The molecule has 5 nitrogen and oxygen atoms in total. The Bertz CT molecular complexity index is 499. The molecule has 18 heavy (non-hydrogen) atoms. The van der Waals surface area contributed by atoms with Gasteiger partial charge in [0.15, 0.2) is 0 Å². The monoisotopic (exact) mass is 269 g/mol. The molecule has 0 bridgehead atoms. The summed E-state index contributed by atoms with van der Waals surface area (Å²) in [6.45, 7) is 4.92.